The van der Waals surface area contributed by atoms with Gasteiger partial charge < -0.3 is 25.4 Å². The average molecular weight is 516 g/mol. The van der Waals surface area contributed by atoms with E-state index in [1.54, 1.807) is 13.2 Å². The van der Waals surface area contributed by atoms with E-state index in [-0.39, 0.29) is 17.6 Å². The SMILES string of the molecule is COc1ccc(NC(=O)C2CCc3cc(Br)c(O)cc3NC2)cc1C1CCN(C(C)C)CC1. The number of aromatic hydroxyl groups is 1. The van der Waals surface area contributed by atoms with Crippen molar-refractivity contribution in [2.75, 3.05) is 37.4 Å². The number of phenols is 1. The van der Waals surface area contributed by atoms with E-state index < -0.39 is 0 Å². The second-order valence-corrected chi connectivity index (χ2v) is 10.3. The molecule has 2 heterocycles. The number of hydrogen-bond acceptors (Lipinski definition) is 5. The van der Waals surface area contributed by atoms with E-state index in [0.29, 0.717) is 23.0 Å². The van der Waals surface area contributed by atoms with Crippen molar-refractivity contribution in [2.45, 2.75) is 51.5 Å². The molecule has 0 bridgehead atoms. The number of aryl methyl sites for hydroxylation is 1. The number of ether oxygens (including phenoxy) is 1. The number of rotatable bonds is 5. The third kappa shape index (κ3) is 5.46. The summed E-state index contributed by atoms with van der Waals surface area (Å²) in [6, 6.07) is 10.2. The summed E-state index contributed by atoms with van der Waals surface area (Å²) in [5.41, 5.74) is 4.01. The number of fused-ring (bicyclic) bond motifs is 1. The van der Waals surface area contributed by atoms with Gasteiger partial charge in [0.25, 0.3) is 0 Å². The molecule has 33 heavy (non-hydrogen) atoms. The first-order chi connectivity index (χ1) is 15.9. The average Bonchev–Trinajstić information content (AvgIpc) is 3.01. The van der Waals surface area contributed by atoms with Crippen LogP contribution in [0.4, 0.5) is 11.4 Å². The Morgan fingerprint density at radius 2 is 1.97 bits per heavy atom. The molecule has 0 spiro atoms. The fourth-order valence-corrected chi connectivity index (χ4v) is 5.36. The van der Waals surface area contributed by atoms with E-state index in [4.69, 9.17) is 4.74 Å². The Morgan fingerprint density at radius 1 is 1.21 bits per heavy atom. The van der Waals surface area contributed by atoms with E-state index >= 15 is 0 Å². The van der Waals surface area contributed by atoms with Crippen LogP contribution in [0.2, 0.25) is 0 Å². The van der Waals surface area contributed by atoms with Gasteiger partial charge in [-0.15, -0.1) is 0 Å². The Kier molecular flexibility index (Phi) is 7.49. The molecule has 0 aromatic heterocycles. The number of amides is 1. The minimum atomic E-state index is -0.154. The number of methoxy groups -OCH3 is 1. The Morgan fingerprint density at radius 3 is 2.67 bits per heavy atom. The number of nitrogens with one attached hydrogen (secondary N) is 2. The quantitative estimate of drug-likeness (QED) is 0.499. The number of hydrogen-bond donors (Lipinski definition) is 3. The highest BCUT2D eigenvalue weighted by molar-refractivity contribution is 9.10. The molecular weight excluding hydrogens is 482 g/mol. The van der Waals surface area contributed by atoms with Crippen molar-refractivity contribution in [1.82, 2.24) is 4.90 Å². The first-order valence-corrected chi connectivity index (χ1v) is 12.6. The topological polar surface area (TPSA) is 73.8 Å². The van der Waals surface area contributed by atoms with Gasteiger partial charge in [-0.05, 0) is 110 Å². The third-order valence-electron chi connectivity index (χ3n) is 7.04. The largest absolute Gasteiger partial charge is 0.507 e. The standard InChI is InChI=1S/C26H34BrN3O3/c1-16(2)30-10-8-17(9-11-30)21-13-20(6-7-25(21)33-3)29-26(32)19-5-4-18-12-22(27)24(31)14-23(18)28-15-19/h6-7,12-14,16-17,19,28,31H,4-5,8-11,15H2,1-3H3,(H,29,32). The summed E-state index contributed by atoms with van der Waals surface area (Å²) in [5, 5.41) is 16.5. The summed E-state index contributed by atoms with van der Waals surface area (Å²) in [5.74, 6) is 1.40. The Balaban J connectivity index is 1.43. The van der Waals surface area contributed by atoms with Crippen LogP contribution >= 0.6 is 15.9 Å². The Labute approximate surface area is 204 Å². The van der Waals surface area contributed by atoms with Crippen molar-refractivity contribution >= 4 is 33.2 Å². The van der Waals surface area contributed by atoms with Gasteiger partial charge in [0.05, 0.1) is 17.5 Å². The fraction of sp³-hybridized carbons (Fsp3) is 0.500. The van der Waals surface area contributed by atoms with Gasteiger partial charge in [-0.3, -0.25) is 4.79 Å². The molecule has 2 aromatic rings. The number of phenolic OH excluding ortho intramolecular Hbond substituents is 1. The van der Waals surface area contributed by atoms with E-state index in [9.17, 15) is 9.90 Å². The van der Waals surface area contributed by atoms with E-state index in [2.05, 4.69) is 51.4 Å². The highest BCUT2D eigenvalue weighted by atomic mass is 79.9. The molecule has 4 rings (SSSR count). The molecule has 1 amide bonds. The van der Waals surface area contributed by atoms with Crippen LogP contribution in [-0.4, -0.2) is 48.7 Å². The van der Waals surface area contributed by atoms with Gasteiger partial charge in [0.15, 0.2) is 0 Å². The summed E-state index contributed by atoms with van der Waals surface area (Å²) >= 11 is 3.38. The summed E-state index contributed by atoms with van der Waals surface area (Å²) in [6.45, 7) is 7.21. The number of carbonyl (C=O) groups is 1. The van der Waals surface area contributed by atoms with E-state index in [1.165, 1.54) is 5.56 Å². The van der Waals surface area contributed by atoms with Crippen LogP contribution in [0.3, 0.4) is 0 Å². The monoisotopic (exact) mass is 515 g/mol. The number of benzene rings is 2. The van der Waals surface area contributed by atoms with Crippen molar-refractivity contribution in [1.29, 1.82) is 0 Å². The molecule has 1 fully saturated rings. The Hall–Kier alpha value is -2.25. The van der Waals surface area contributed by atoms with Gasteiger partial charge in [0.2, 0.25) is 5.91 Å². The summed E-state index contributed by atoms with van der Waals surface area (Å²) in [6.07, 6.45) is 3.72. The number of carbonyl (C=O) groups excluding carboxylic acids is 1. The number of halogens is 1. The zero-order valence-corrected chi connectivity index (χ0v) is 21.2. The zero-order chi connectivity index (χ0) is 23.5. The molecule has 2 aliphatic heterocycles. The lowest BCUT2D eigenvalue weighted by Gasteiger charge is -2.35. The fourth-order valence-electron chi connectivity index (χ4n) is 4.97. The normalized spacial score (nSPS) is 19.5. The molecule has 2 aromatic carbocycles. The van der Waals surface area contributed by atoms with Crippen LogP contribution in [0.15, 0.2) is 34.8 Å². The minimum absolute atomic E-state index is 0.0179. The first kappa shape index (κ1) is 23.9. The molecule has 2 aliphatic rings. The van der Waals surface area contributed by atoms with E-state index in [0.717, 1.165) is 61.5 Å². The lowest BCUT2D eigenvalue weighted by Crippen LogP contribution is -2.37. The van der Waals surface area contributed by atoms with Gasteiger partial charge in [-0.1, -0.05) is 0 Å². The van der Waals surface area contributed by atoms with E-state index in [1.807, 2.05) is 18.2 Å². The molecule has 6 nitrogen and oxygen atoms in total. The molecule has 7 heteroatoms. The van der Waals surface area contributed by atoms with Crippen molar-refractivity contribution in [3.8, 4) is 11.5 Å². The predicted molar refractivity (Wildman–Crippen MR) is 136 cm³/mol. The number of likely N-dealkylation sites (tertiary alicyclic amines) is 1. The van der Waals surface area contributed by atoms with Crippen molar-refractivity contribution in [3.63, 3.8) is 0 Å². The summed E-state index contributed by atoms with van der Waals surface area (Å²) < 4.78 is 6.34. The maximum Gasteiger partial charge on any atom is 0.229 e. The van der Waals surface area contributed by atoms with Gasteiger partial charge in [0, 0.05) is 30.0 Å². The second kappa shape index (κ2) is 10.3. The maximum absolute atomic E-state index is 13.1. The van der Waals surface area contributed by atoms with Crippen molar-refractivity contribution in [2.24, 2.45) is 5.92 Å². The summed E-state index contributed by atoms with van der Waals surface area (Å²) in [4.78, 5) is 15.6. The lowest BCUT2D eigenvalue weighted by molar-refractivity contribution is -0.119. The highest BCUT2D eigenvalue weighted by Gasteiger charge is 2.26. The molecule has 3 N–H and O–H groups in total. The highest BCUT2D eigenvalue weighted by Crippen LogP contribution is 2.37. The maximum atomic E-state index is 13.1. The number of anilines is 2. The second-order valence-electron chi connectivity index (χ2n) is 9.43. The van der Waals surface area contributed by atoms with Crippen LogP contribution in [0, 0.1) is 5.92 Å². The molecule has 0 saturated carbocycles. The zero-order valence-electron chi connectivity index (χ0n) is 19.7. The number of nitrogens with zero attached hydrogens (tertiary/aromatic N) is 1. The van der Waals surface area contributed by atoms with Gasteiger partial charge in [0.1, 0.15) is 11.5 Å². The van der Waals surface area contributed by atoms with Gasteiger partial charge in [-0.25, -0.2) is 0 Å². The predicted octanol–water partition coefficient (Wildman–Crippen LogP) is 5.36. The molecule has 178 valence electrons. The Bertz CT molecular complexity index is 970. The van der Waals surface area contributed by atoms with Crippen LogP contribution in [-0.2, 0) is 11.2 Å². The van der Waals surface area contributed by atoms with Crippen LogP contribution in [0.5, 0.6) is 11.5 Å². The minimum Gasteiger partial charge on any atom is -0.507 e. The molecule has 0 aliphatic carbocycles. The molecule has 1 unspecified atom stereocenters. The van der Waals surface area contributed by atoms with Gasteiger partial charge >= 0.3 is 0 Å². The lowest BCUT2D eigenvalue weighted by atomic mass is 9.88. The molecule has 1 saturated heterocycles. The van der Waals surface area contributed by atoms with Crippen molar-refractivity contribution < 1.29 is 14.6 Å². The smallest absolute Gasteiger partial charge is 0.229 e. The van der Waals surface area contributed by atoms with Gasteiger partial charge in [-0.2, -0.15) is 0 Å². The third-order valence-corrected chi connectivity index (χ3v) is 7.68. The molecule has 1 atom stereocenters. The number of piperidine rings is 1. The van der Waals surface area contributed by atoms with Crippen molar-refractivity contribution in [3.05, 3.63) is 45.9 Å². The molecular formula is C26H34BrN3O3. The summed E-state index contributed by atoms with van der Waals surface area (Å²) in [7, 11) is 1.71. The first-order valence-electron chi connectivity index (χ1n) is 11.8. The van der Waals surface area contributed by atoms with Crippen LogP contribution < -0.4 is 15.4 Å². The van der Waals surface area contributed by atoms with Crippen LogP contribution in [0.1, 0.15) is 50.2 Å². The van der Waals surface area contributed by atoms with Crippen LogP contribution in [0.25, 0.3) is 0 Å². The molecule has 0 radical (unpaired) electrons.